The Morgan fingerprint density at radius 3 is 1.46 bits per heavy atom. The molecule has 0 aliphatic carbocycles. The molecular weight excluding hydrogens is 304 g/mol. The van der Waals surface area contributed by atoms with Crippen LogP contribution in [-0.2, 0) is 10.8 Å². The van der Waals surface area contributed by atoms with Crippen LogP contribution in [0.5, 0.6) is 5.75 Å². The minimum Gasteiger partial charge on any atom is -0.493 e. The summed E-state index contributed by atoms with van der Waals surface area (Å²) in [5.41, 5.74) is 2.62. The van der Waals surface area contributed by atoms with Gasteiger partial charge in [0.05, 0.1) is 25.2 Å². The molecule has 1 aromatic carbocycles. The lowest BCUT2D eigenvalue weighted by Gasteiger charge is -2.31. The first-order chi connectivity index (χ1) is 10.9. The van der Waals surface area contributed by atoms with Gasteiger partial charge >= 0.3 is 0 Å². The summed E-state index contributed by atoms with van der Waals surface area (Å²) in [4.78, 5) is 0. The summed E-state index contributed by atoms with van der Waals surface area (Å²) in [6, 6.07) is 4.06. The second-order valence-electron chi connectivity index (χ2n) is 8.91. The van der Waals surface area contributed by atoms with Gasteiger partial charge in [0, 0.05) is 0 Å². The van der Waals surface area contributed by atoms with E-state index in [-0.39, 0.29) is 37.3 Å². The van der Waals surface area contributed by atoms with Crippen molar-refractivity contribution < 1.29 is 20.1 Å². The van der Waals surface area contributed by atoms with Gasteiger partial charge in [-0.05, 0) is 46.6 Å². The van der Waals surface area contributed by atoms with Crippen molar-refractivity contribution >= 4 is 0 Å². The van der Waals surface area contributed by atoms with Crippen LogP contribution in [0, 0.1) is 12.3 Å². The van der Waals surface area contributed by atoms with Gasteiger partial charge in [-0.25, -0.2) is 0 Å². The maximum atomic E-state index is 9.47. The quantitative estimate of drug-likeness (QED) is 0.746. The van der Waals surface area contributed by atoms with Gasteiger partial charge in [0.2, 0.25) is 0 Å². The highest BCUT2D eigenvalue weighted by Gasteiger charge is 2.30. The Morgan fingerprint density at radius 1 is 0.792 bits per heavy atom. The van der Waals surface area contributed by atoms with E-state index in [0.29, 0.717) is 5.75 Å². The van der Waals surface area contributed by atoms with E-state index in [1.807, 2.05) is 12.1 Å². The van der Waals surface area contributed by atoms with Crippen molar-refractivity contribution in [3.8, 4) is 5.75 Å². The average molecular weight is 338 g/mol. The highest BCUT2D eigenvalue weighted by Crippen LogP contribution is 2.37. The van der Waals surface area contributed by atoms with E-state index >= 15 is 0 Å². The van der Waals surface area contributed by atoms with Gasteiger partial charge in [0.15, 0.2) is 0 Å². The molecule has 138 valence electrons. The summed E-state index contributed by atoms with van der Waals surface area (Å²) in [6.07, 6.45) is 0. The zero-order valence-electron chi connectivity index (χ0n) is 16.2. The Kier molecular flexibility index (Phi) is 6.48. The van der Waals surface area contributed by atoms with Crippen molar-refractivity contribution in [2.75, 3.05) is 26.4 Å². The van der Waals surface area contributed by atoms with E-state index < -0.39 is 5.41 Å². The molecule has 0 amide bonds. The first-order valence-corrected chi connectivity index (χ1v) is 8.51. The number of hydrogen-bond donors (Lipinski definition) is 3. The average Bonchev–Trinajstić information content (AvgIpc) is 2.48. The molecule has 0 aliphatic rings. The van der Waals surface area contributed by atoms with E-state index in [4.69, 9.17) is 4.74 Å². The Balaban J connectivity index is 3.30. The molecular formula is C20H34O4. The lowest BCUT2D eigenvalue weighted by molar-refractivity contribution is -0.0259. The standard InChI is InChI=1S/C20H34O4/c1-14-16(18(2,3)4)8-15(9-17(14)19(5,6)7)24-13-20(10-21,11-22)12-23/h8-9,21-23H,10-13H2,1-7H3. The first-order valence-electron chi connectivity index (χ1n) is 8.51. The summed E-state index contributed by atoms with van der Waals surface area (Å²) in [6.45, 7) is 14.2. The van der Waals surface area contributed by atoms with Crippen LogP contribution in [0.4, 0.5) is 0 Å². The van der Waals surface area contributed by atoms with Crippen LogP contribution >= 0.6 is 0 Å². The Hall–Kier alpha value is -1.10. The van der Waals surface area contributed by atoms with E-state index in [1.165, 1.54) is 16.7 Å². The summed E-state index contributed by atoms with van der Waals surface area (Å²) < 4.78 is 5.89. The van der Waals surface area contributed by atoms with Crippen LogP contribution in [0.2, 0.25) is 0 Å². The van der Waals surface area contributed by atoms with E-state index in [9.17, 15) is 15.3 Å². The third kappa shape index (κ3) is 4.71. The molecule has 0 saturated carbocycles. The molecule has 4 nitrogen and oxygen atoms in total. The van der Waals surface area contributed by atoms with Crippen molar-refractivity contribution in [2.24, 2.45) is 5.41 Å². The molecule has 0 aromatic heterocycles. The van der Waals surface area contributed by atoms with Gasteiger partial charge in [-0.15, -0.1) is 0 Å². The van der Waals surface area contributed by atoms with Crippen LogP contribution in [0.3, 0.4) is 0 Å². The van der Waals surface area contributed by atoms with E-state index in [1.54, 1.807) is 0 Å². The maximum Gasteiger partial charge on any atom is 0.119 e. The number of ether oxygens (including phenoxy) is 1. The van der Waals surface area contributed by atoms with Gasteiger partial charge in [-0.2, -0.15) is 0 Å². The van der Waals surface area contributed by atoms with E-state index in [0.717, 1.165) is 0 Å². The van der Waals surface area contributed by atoms with Crippen LogP contribution in [0.15, 0.2) is 12.1 Å². The second-order valence-corrected chi connectivity index (χ2v) is 8.91. The topological polar surface area (TPSA) is 69.9 Å². The number of aliphatic hydroxyl groups excluding tert-OH is 3. The van der Waals surface area contributed by atoms with Crippen molar-refractivity contribution in [2.45, 2.75) is 59.3 Å². The monoisotopic (exact) mass is 338 g/mol. The molecule has 4 heteroatoms. The molecule has 1 rings (SSSR count). The molecule has 3 N–H and O–H groups in total. The molecule has 0 aliphatic heterocycles. The van der Waals surface area contributed by atoms with Crippen LogP contribution in [-0.4, -0.2) is 41.7 Å². The molecule has 0 atom stereocenters. The number of hydrogen-bond acceptors (Lipinski definition) is 4. The molecule has 1 aromatic rings. The highest BCUT2D eigenvalue weighted by atomic mass is 16.5. The highest BCUT2D eigenvalue weighted by molar-refractivity contribution is 5.47. The first kappa shape index (κ1) is 20.9. The molecule has 0 spiro atoms. The lowest BCUT2D eigenvalue weighted by Crippen LogP contribution is -2.39. The minimum absolute atomic E-state index is 0.0223. The third-order valence-electron chi connectivity index (χ3n) is 4.55. The van der Waals surface area contributed by atoms with Crippen LogP contribution < -0.4 is 4.74 Å². The fourth-order valence-corrected chi connectivity index (χ4v) is 2.85. The van der Waals surface area contributed by atoms with Crippen molar-refractivity contribution in [1.82, 2.24) is 0 Å². The Bertz CT molecular complexity index is 502. The van der Waals surface area contributed by atoms with Gasteiger partial charge < -0.3 is 20.1 Å². The zero-order valence-corrected chi connectivity index (χ0v) is 16.2. The lowest BCUT2D eigenvalue weighted by atomic mass is 9.76. The van der Waals surface area contributed by atoms with Crippen LogP contribution in [0.1, 0.15) is 58.2 Å². The predicted octanol–water partition coefficient (Wildman–Crippen LogP) is 2.93. The maximum absolute atomic E-state index is 9.47. The van der Waals surface area contributed by atoms with Gasteiger partial charge in [0.1, 0.15) is 12.4 Å². The van der Waals surface area contributed by atoms with E-state index in [2.05, 4.69) is 48.5 Å². The fraction of sp³-hybridized carbons (Fsp3) is 0.700. The second kappa shape index (κ2) is 7.42. The van der Waals surface area contributed by atoms with Crippen molar-refractivity contribution in [1.29, 1.82) is 0 Å². The predicted molar refractivity (Wildman–Crippen MR) is 97.8 cm³/mol. The number of rotatable bonds is 6. The summed E-state index contributed by atoms with van der Waals surface area (Å²) in [5, 5.41) is 28.4. The number of aliphatic hydroxyl groups is 3. The third-order valence-corrected chi connectivity index (χ3v) is 4.55. The smallest absolute Gasteiger partial charge is 0.119 e. The molecule has 0 fully saturated rings. The Labute approximate surface area is 146 Å². The normalized spacial score (nSPS) is 13.2. The summed E-state index contributed by atoms with van der Waals surface area (Å²) >= 11 is 0. The molecule has 24 heavy (non-hydrogen) atoms. The fourth-order valence-electron chi connectivity index (χ4n) is 2.85. The molecule has 0 bridgehead atoms. The molecule has 0 heterocycles. The largest absolute Gasteiger partial charge is 0.493 e. The van der Waals surface area contributed by atoms with Crippen molar-refractivity contribution in [3.63, 3.8) is 0 Å². The van der Waals surface area contributed by atoms with Gasteiger partial charge in [-0.3, -0.25) is 0 Å². The molecule has 0 saturated heterocycles. The molecule has 0 unspecified atom stereocenters. The summed E-state index contributed by atoms with van der Waals surface area (Å²) in [7, 11) is 0. The minimum atomic E-state index is -1.03. The number of benzene rings is 1. The SMILES string of the molecule is Cc1c(C(C)(C)C)cc(OCC(CO)(CO)CO)cc1C(C)(C)C. The Morgan fingerprint density at radius 2 is 1.17 bits per heavy atom. The summed E-state index contributed by atoms with van der Waals surface area (Å²) in [5.74, 6) is 0.704. The zero-order chi connectivity index (χ0) is 18.8. The van der Waals surface area contributed by atoms with Crippen LogP contribution in [0.25, 0.3) is 0 Å². The van der Waals surface area contributed by atoms with Gasteiger partial charge in [0.25, 0.3) is 0 Å². The molecule has 0 radical (unpaired) electrons. The van der Waals surface area contributed by atoms with Crippen molar-refractivity contribution in [3.05, 3.63) is 28.8 Å². The van der Waals surface area contributed by atoms with Gasteiger partial charge in [-0.1, -0.05) is 41.5 Å².